The first-order chi connectivity index (χ1) is 8.06. The topological polar surface area (TPSA) is 12.4 Å². The van der Waals surface area contributed by atoms with E-state index in [0.29, 0.717) is 11.8 Å². The summed E-state index contributed by atoms with van der Waals surface area (Å²) < 4.78 is 0. The quantitative estimate of drug-likeness (QED) is 0.500. The summed E-state index contributed by atoms with van der Waals surface area (Å²) in [5.41, 5.74) is 2.34. The molecular weight excluding hydrogens is 206 g/mol. The molecule has 0 rings (SSSR count). The Bertz CT molecular complexity index is 265. The lowest BCUT2D eigenvalue weighted by Crippen LogP contribution is -2.05. The van der Waals surface area contributed by atoms with Crippen molar-refractivity contribution < 1.29 is 0 Å². The van der Waals surface area contributed by atoms with Crippen LogP contribution in [0.1, 0.15) is 60.3 Å². The van der Waals surface area contributed by atoms with Crippen molar-refractivity contribution in [3.8, 4) is 0 Å². The highest BCUT2D eigenvalue weighted by Crippen LogP contribution is 2.22. The number of aliphatic imine (C=N–C) groups is 1. The molecule has 0 bridgehead atoms. The van der Waals surface area contributed by atoms with E-state index in [1.54, 1.807) is 0 Å². The third-order valence-corrected chi connectivity index (χ3v) is 3.12. The van der Waals surface area contributed by atoms with E-state index in [-0.39, 0.29) is 0 Å². The maximum atomic E-state index is 4.49. The van der Waals surface area contributed by atoms with Gasteiger partial charge in [0.05, 0.1) is 0 Å². The van der Waals surface area contributed by atoms with Gasteiger partial charge in [-0.2, -0.15) is 0 Å². The monoisotopic (exact) mass is 235 g/mol. The van der Waals surface area contributed by atoms with Crippen LogP contribution >= 0.6 is 0 Å². The molecule has 17 heavy (non-hydrogen) atoms. The van der Waals surface area contributed by atoms with Crippen LogP contribution < -0.4 is 0 Å². The molecule has 1 nitrogen and oxygen atoms in total. The molecule has 0 aliphatic carbocycles. The van der Waals surface area contributed by atoms with Gasteiger partial charge in [0, 0.05) is 11.9 Å². The minimum absolute atomic E-state index is 0.431. The molecule has 0 heterocycles. The van der Waals surface area contributed by atoms with E-state index in [2.05, 4.69) is 52.3 Å². The number of hydrogen-bond donors (Lipinski definition) is 0. The van der Waals surface area contributed by atoms with Crippen molar-refractivity contribution in [2.24, 2.45) is 16.8 Å². The van der Waals surface area contributed by atoms with Crippen LogP contribution in [0, 0.1) is 11.8 Å². The number of rotatable bonds is 8. The first-order valence-electron chi connectivity index (χ1n) is 6.95. The van der Waals surface area contributed by atoms with Gasteiger partial charge in [-0.15, -0.1) is 0 Å². The van der Waals surface area contributed by atoms with Crippen LogP contribution in [-0.4, -0.2) is 6.21 Å². The summed E-state index contributed by atoms with van der Waals surface area (Å²) in [5.74, 6) is 1.10. The number of hydrogen-bond acceptors (Lipinski definition) is 1. The Morgan fingerprint density at radius 1 is 1.18 bits per heavy atom. The first-order valence-corrected chi connectivity index (χ1v) is 6.95. The first kappa shape index (κ1) is 16.1. The molecule has 0 spiro atoms. The Kier molecular flexibility index (Phi) is 8.75. The molecule has 0 saturated heterocycles. The fraction of sp³-hybridized carbons (Fsp3) is 0.688. The highest BCUT2D eigenvalue weighted by Gasteiger charge is 2.10. The lowest BCUT2D eigenvalue weighted by molar-refractivity contribution is 0.518. The molecule has 0 aliphatic rings. The lowest BCUT2D eigenvalue weighted by atomic mass is 9.90. The van der Waals surface area contributed by atoms with Gasteiger partial charge < -0.3 is 0 Å². The van der Waals surface area contributed by atoms with E-state index < -0.39 is 0 Å². The second-order valence-electron chi connectivity index (χ2n) is 4.97. The third kappa shape index (κ3) is 6.45. The van der Waals surface area contributed by atoms with Crippen molar-refractivity contribution in [2.45, 2.75) is 60.3 Å². The Labute approximate surface area is 108 Å². The van der Waals surface area contributed by atoms with Crippen molar-refractivity contribution >= 4 is 6.21 Å². The molecule has 0 aromatic carbocycles. The molecule has 0 atom stereocenters. The Morgan fingerprint density at radius 3 is 2.06 bits per heavy atom. The zero-order valence-corrected chi connectivity index (χ0v) is 12.3. The largest absolute Gasteiger partial charge is 0.261 e. The van der Waals surface area contributed by atoms with Gasteiger partial charge in [0.2, 0.25) is 0 Å². The lowest BCUT2D eigenvalue weighted by Gasteiger charge is -2.16. The fourth-order valence-electron chi connectivity index (χ4n) is 1.90. The summed E-state index contributed by atoms with van der Waals surface area (Å²) in [6.45, 7) is 14.9. The van der Waals surface area contributed by atoms with Gasteiger partial charge in [-0.3, -0.25) is 4.99 Å². The highest BCUT2D eigenvalue weighted by atomic mass is 14.7. The van der Waals surface area contributed by atoms with Crippen LogP contribution in [0.25, 0.3) is 0 Å². The molecule has 0 amide bonds. The second-order valence-corrected chi connectivity index (χ2v) is 4.97. The third-order valence-electron chi connectivity index (χ3n) is 3.12. The predicted octanol–water partition coefficient (Wildman–Crippen LogP) is 5.39. The Balaban J connectivity index is 4.64. The molecule has 0 aromatic rings. The highest BCUT2D eigenvalue weighted by molar-refractivity contribution is 5.79. The standard InChI is InChI=1S/C16H29N/c1-7-10-16(11-8-2)15(9-3)12-17-14(6)13(4)5/h9,12-13,16H,6-8,10-11H2,1-5H3/b15-9+,17-12-. The van der Waals surface area contributed by atoms with Gasteiger partial charge in [-0.25, -0.2) is 0 Å². The smallest absolute Gasteiger partial charge is 0.0357 e. The van der Waals surface area contributed by atoms with Crippen LogP contribution in [-0.2, 0) is 0 Å². The number of allylic oxidation sites excluding steroid dienone is 3. The molecule has 1 heteroatoms. The molecule has 0 fully saturated rings. The van der Waals surface area contributed by atoms with Crippen LogP contribution in [0.2, 0.25) is 0 Å². The van der Waals surface area contributed by atoms with Crippen LogP contribution in [0.15, 0.2) is 28.9 Å². The van der Waals surface area contributed by atoms with Crippen molar-refractivity contribution in [2.75, 3.05) is 0 Å². The normalized spacial score (nSPS) is 13.0. The summed E-state index contributed by atoms with van der Waals surface area (Å²) >= 11 is 0. The van der Waals surface area contributed by atoms with E-state index >= 15 is 0 Å². The van der Waals surface area contributed by atoms with Crippen LogP contribution in [0.3, 0.4) is 0 Å². The summed E-state index contributed by atoms with van der Waals surface area (Å²) in [7, 11) is 0. The minimum atomic E-state index is 0.431. The number of nitrogens with zero attached hydrogens (tertiary/aromatic N) is 1. The Morgan fingerprint density at radius 2 is 1.71 bits per heavy atom. The van der Waals surface area contributed by atoms with Gasteiger partial charge in [-0.1, -0.05) is 53.2 Å². The van der Waals surface area contributed by atoms with Gasteiger partial charge >= 0.3 is 0 Å². The summed E-state index contributed by atoms with van der Waals surface area (Å²) in [6, 6.07) is 0. The van der Waals surface area contributed by atoms with E-state index in [4.69, 9.17) is 0 Å². The van der Waals surface area contributed by atoms with Crippen molar-refractivity contribution in [3.05, 3.63) is 23.9 Å². The average molecular weight is 235 g/mol. The summed E-state index contributed by atoms with van der Waals surface area (Å²) in [4.78, 5) is 4.49. The zero-order chi connectivity index (χ0) is 13.3. The summed E-state index contributed by atoms with van der Waals surface area (Å²) in [6.07, 6.45) is 9.22. The Hall–Kier alpha value is -0.850. The molecule has 0 N–H and O–H groups in total. The molecular formula is C16H29N. The van der Waals surface area contributed by atoms with Gasteiger partial charge in [-0.05, 0) is 37.2 Å². The summed E-state index contributed by atoms with van der Waals surface area (Å²) in [5, 5.41) is 0. The predicted molar refractivity (Wildman–Crippen MR) is 79.5 cm³/mol. The molecule has 0 radical (unpaired) electrons. The second kappa shape index (κ2) is 9.21. The molecule has 0 saturated carbocycles. The molecule has 98 valence electrons. The van der Waals surface area contributed by atoms with E-state index in [1.165, 1.54) is 31.3 Å². The van der Waals surface area contributed by atoms with Crippen LogP contribution in [0.4, 0.5) is 0 Å². The van der Waals surface area contributed by atoms with Gasteiger partial charge in [0.1, 0.15) is 0 Å². The van der Waals surface area contributed by atoms with Gasteiger partial charge in [0.15, 0.2) is 0 Å². The fourth-order valence-corrected chi connectivity index (χ4v) is 1.90. The van der Waals surface area contributed by atoms with Crippen molar-refractivity contribution in [1.29, 1.82) is 0 Å². The van der Waals surface area contributed by atoms with E-state index in [9.17, 15) is 0 Å². The maximum Gasteiger partial charge on any atom is 0.0357 e. The zero-order valence-electron chi connectivity index (χ0n) is 12.3. The minimum Gasteiger partial charge on any atom is -0.261 e. The molecule has 0 aromatic heterocycles. The molecule has 0 aliphatic heterocycles. The van der Waals surface area contributed by atoms with Gasteiger partial charge in [0.25, 0.3) is 0 Å². The van der Waals surface area contributed by atoms with Crippen LogP contribution in [0.5, 0.6) is 0 Å². The average Bonchev–Trinajstić information content (AvgIpc) is 2.29. The van der Waals surface area contributed by atoms with E-state index in [0.717, 1.165) is 5.70 Å². The molecule has 0 unspecified atom stereocenters. The van der Waals surface area contributed by atoms with Crippen molar-refractivity contribution in [3.63, 3.8) is 0 Å². The van der Waals surface area contributed by atoms with E-state index in [1.807, 2.05) is 6.21 Å². The maximum absolute atomic E-state index is 4.49. The SMILES string of the molecule is C=C(/N=C\C(=C/C)C(CCC)CCC)C(C)C. The van der Waals surface area contributed by atoms with Crippen molar-refractivity contribution in [1.82, 2.24) is 0 Å².